The summed E-state index contributed by atoms with van der Waals surface area (Å²) in [6.45, 7) is 1.47. The first-order chi connectivity index (χ1) is 12.6. The molecule has 0 aliphatic rings. The van der Waals surface area contributed by atoms with Crippen LogP contribution >= 0.6 is 11.3 Å². The summed E-state index contributed by atoms with van der Waals surface area (Å²) in [6.07, 6.45) is 2.94. The van der Waals surface area contributed by atoms with Gasteiger partial charge in [-0.05, 0) is 47.5 Å². The van der Waals surface area contributed by atoms with Gasteiger partial charge < -0.3 is 10.1 Å². The van der Waals surface area contributed by atoms with E-state index in [0.29, 0.717) is 5.82 Å². The number of nitrogens with one attached hydrogen (secondary N) is 1. The van der Waals surface area contributed by atoms with Crippen LogP contribution in [0.25, 0.3) is 11.8 Å². The molecule has 1 N–H and O–H groups in total. The monoisotopic (exact) mass is 367 g/mol. The molecule has 0 aliphatic heterocycles. The largest absolute Gasteiger partial charge is 0.452 e. The maximum atomic E-state index is 12.1. The van der Waals surface area contributed by atoms with Crippen LogP contribution in [0.15, 0.2) is 59.3 Å². The lowest BCUT2D eigenvalue weighted by Crippen LogP contribution is -2.21. The van der Waals surface area contributed by atoms with Crippen LogP contribution in [-0.4, -0.2) is 28.3 Å². The average molecular weight is 367 g/mol. The fourth-order valence-corrected chi connectivity index (χ4v) is 2.88. The van der Waals surface area contributed by atoms with Crippen molar-refractivity contribution >= 4 is 35.1 Å². The summed E-state index contributed by atoms with van der Waals surface area (Å²) in [4.78, 5) is 23.8. The molecule has 3 aromatic rings. The number of anilines is 1. The molecular weight excluding hydrogens is 350 g/mol. The number of thiophene rings is 1. The van der Waals surface area contributed by atoms with Crippen molar-refractivity contribution in [2.75, 3.05) is 11.9 Å². The van der Waals surface area contributed by atoms with E-state index in [-0.39, 0.29) is 6.61 Å². The van der Waals surface area contributed by atoms with E-state index in [4.69, 9.17) is 4.74 Å². The molecule has 1 aromatic carbocycles. The quantitative estimate of drug-likeness (QED) is 0.535. The van der Waals surface area contributed by atoms with Crippen LogP contribution in [0.3, 0.4) is 0 Å². The van der Waals surface area contributed by atoms with E-state index >= 15 is 0 Å². The van der Waals surface area contributed by atoms with Crippen LogP contribution in [0, 0.1) is 6.92 Å². The summed E-state index contributed by atoms with van der Waals surface area (Å²) in [5, 5.41) is 10.9. The zero-order valence-electron chi connectivity index (χ0n) is 14.1. The SMILES string of the molecule is Cc1cc(NC(=O)COC(=O)/C=C/c2ccsc2)n(-c2ccccc2)n1. The van der Waals surface area contributed by atoms with Gasteiger partial charge in [0.05, 0.1) is 11.4 Å². The molecule has 0 bridgehead atoms. The van der Waals surface area contributed by atoms with Gasteiger partial charge in [-0.2, -0.15) is 16.4 Å². The van der Waals surface area contributed by atoms with Gasteiger partial charge in [-0.3, -0.25) is 4.79 Å². The van der Waals surface area contributed by atoms with Crippen molar-refractivity contribution in [2.45, 2.75) is 6.92 Å². The van der Waals surface area contributed by atoms with Gasteiger partial charge in [0.1, 0.15) is 5.82 Å². The van der Waals surface area contributed by atoms with Crippen LogP contribution < -0.4 is 5.32 Å². The second kappa shape index (κ2) is 8.26. The highest BCUT2D eigenvalue weighted by molar-refractivity contribution is 7.08. The topological polar surface area (TPSA) is 73.2 Å². The Kier molecular flexibility index (Phi) is 5.60. The molecule has 1 amide bonds. The van der Waals surface area contributed by atoms with Crippen LogP contribution in [0.2, 0.25) is 0 Å². The predicted molar refractivity (Wildman–Crippen MR) is 101 cm³/mol. The number of para-hydroxylation sites is 1. The Morgan fingerprint density at radius 3 is 2.81 bits per heavy atom. The maximum Gasteiger partial charge on any atom is 0.331 e. The Labute approximate surface area is 154 Å². The Balaban J connectivity index is 1.58. The summed E-state index contributed by atoms with van der Waals surface area (Å²) in [6, 6.07) is 13.1. The number of aromatic nitrogens is 2. The number of rotatable bonds is 6. The average Bonchev–Trinajstić information content (AvgIpc) is 3.28. The van der Waals surface area contributed by atoms with Crippen LogP contribution in [0.1, 0.15) is 11.3 Å². The second-order valence-corrected chi connectivity index (χ2v) is 6.24. The zero-order valence-corrected chi connectivity index (χ0v) is 14.9. The fraction of sp³-hybridized carbons (Fsp3) is 0.105. The summed E-state index contributed by atoms with van der Waals surface area (Å²) >= 11 is 1.54. The van der Waals surface area contributed by atoms with Crippen LogP contribution in [0.4, 0.5) is 5.82 Å². The fourth-order valence-electron chi connectivity index (χ4n) is 2.25. The molecule has 0 aliphatic carbocycles. The molecule has 2 aromatic heterocycles. The van der Waals surface area contributed by atoms with E-state index in [9.17, 15) is 9.59 Å². The van der Waals surface area contributed by atoms with E-state index in [0.717, 1.165) is 16.9 Å². The molecule has 2 heterocycles. The number of nitrogens with zero attached hydrogens (tertiary/aromatic N) is 2. The summed E-state index contributed by atoms with van der Waals surface area (Å²) in [5.74, 6) is -0.484. The van der Waals surface area contributed by atoms with Crippen LogP contribution in [-0.2, 0) is 14.3 Å². The molecule has 26 heavy (non-hydrogen) atoms. The minimum absolute atomic E-state index is 0.369. The molecule has 0 saturated heterocycles. The van der Waals surface area contributed by atoms with Crippen molar-refractivity contribution in [3.63, 3.8) is 0 Å². The lowest BCUT2D eigenvalue weighted by atomic mass is 10.3. The van der Waals surface area contributed by atoms with Gasteiger partial charge in [0.25, 0.3) is 5.91 Å². The van der Waals surface area contributed by atoms with Gasteiger partial charge in [-0.1, -0.05) is 18.2 Å². The Bertz CT molecular complexity index is 915. The predicted octanol–water partition coefficient (Wildman–Crippen LogP) is 3.44. The maximum absolute atomic E-state index is 12.1. The van der Waals surface area contributed by atoms with Gasteiger partial charge >= 0.3 is 5.97 Å². The number of ether oxygens (including phenoxy) is 1. The molecule has 0 radical (unpaired) electrons. The highest BCUT2D eigenvalue weighted by atomic mass is 32.1. The zero-order chi connectivity index (χ0) is 18.4. The third-order valence-electron chi connectivity index (χ3n) is 3.40. The van der Waals surface area contributed by atoms with Gasteiger partial charge in [-0.25, -0.2) is 9.48 Å². The number of aryl methyl sites for hydroxylation is 1. The summed E-state index contributed by atoms with van der Waals surface area (Å²) in [5.41, 5.74) is 2.50. The summed E-state index contributed by atoms with van der Waals surface area (Å²) in [7, 11) is 0. The van der Waals surface area contributed by atoms with Crippen molar-refractivity contribution in [2.24, 2.45) is 0 Å². The lowest BCUT2D eigenvalue weighted by Gasteiger charge is -2.08. The molecule has 0 unspecified atom stereocenters. The number of carbonyl (C=O) groups is 2. The molecule has 3 rings (SSSR count). The number of benzene rings is 1. The molecule has 132 valence electrons. The van der Waals surface area contributed by atoms with E-state index < -0.39 is 11.9 Å². The minimum Gasteiger partial charge on any atom is -0.452 e. The smallest absolute Gasteiger partial charge is 0.331 e. The van der Waals surface area contributed by atoms with E-state index in [1.807, 2.05) is 54.1 Å². The van der Waals surface area contributed by atoms with Gasteiger partial charge in [-0.15, -0.1) is 0 Å². The van der Waals surface area contributed by atoms with E-state index in [1.54, 1.807) is 16.8 Å². The third-order valence-corrected chi connectivity index (χ3v) is 4.10. The molecule has 0 spiro atoms. The molecule has 0 atom stereocenters. The molecule has 6 nitrogen and oxygen atoms in total. The van der Waals surface area contributed by atoms with Crippen molar-refractivity contribution in [1.82, 2.24) is 9.78 Å². The third kappa shape index (κ3) is 4.67. The lowest BCUT2D eigenvalue weighted by molar-refractivity contribution is -0.142. The number of hydrogen-bond acceptors (Lipinski definition) is 5. The normalized spacial score (nSPS) is 10.8. The van der Waals surface area contributed by atoms with Gasteiger partial charge in [0.15, 0.2) is 6.61 Å². The highest BCUT2D eigenvalue weighted by Gasteiger charge is 2.12. The first-order valence-electron chi connectivity index (χ1n) is 7.91. The minimum atomic E-state index is -0.570. The molecule has 7 heteroatoms. The summed E-state index contributed by atoms with van der Waals surface area (Å²) < 4.78 is 6.59. The number of carbonyl (C=O) groups excluding carboxylic acids is 2. The first kappa shape index (κ1) is 17.6. The van der Waals surface area contributed by atoms with Crippen molar-refractivity contribution in [3.05, 3.63) is 70.6 Å². The van der Waals surface area contributed by atoms with E-state index in [1.165, 1.54) is 17.4 Å². The Morgan fingerprint density at radius 2 is 2.08 bits per heavy atom. The highest BCUT2D eigenvalue weighted by Crippen LogP contribution is 2.16. The standard InChI is InChI=1S/C19H17N3O3S/c1-14-11-17(22(21-14)16-5-3-2-4-6-16)20-18(23)12-25-19(24)8-7-15-9-10-26-13-15/h2-11,13H,12H2,1H3,(H,20,23)/b8-7+. The molecular formula is C19H17N3O3S. The first-order valence-corrected chi connectivity index (χ1v) is 8.85. The van der Waals surface area contributed by atoms with Gasteiger partial charge in [0.2, 0.25) is 0 Å². The van der Waals surface area contributed by atoms with E-state index in [2.05, 4.69) is 10.4 Å². The number of esters is 1. The van der Waals surface area contributed by atoms with Crippen LogP contribution in [0.5, 0.6) is 0 Å². The van der Waals surface area contributed by atoms with Gasteiger partial charge in [0, 0.05) is 12.1 Å². The van der Waals surface area contributed by atoms with Crippen molar-refractivity contribution < 1.29 is 14.3 Å². The van der Waals surface area contributed by atoms with Crippen molar-refractivity contribution in [3.8, 4) is 5.69 Å². The second-order valence-electron chi connectivity index (χ2n) is 5.46. The number of hydrogen-bond donors (Lipinski definition) is 1. The van der Waals surface area contributed by atoms with Crippen molar-refractivity contribution in [1.29, 1.82) is 0 Å². The number of amides is 1. The Morgan fingerprint density at radius 1 is 1.27 bits per heavy atom. The molecule has 0 saturated carbocycles. The Hall–Kier alpha value is -3.19. The molecule has 0 fully saturated rings.